The van der Waals surface area contributed by atoms with Gasteiger partial charge in [-0.25, -0.2) is 9.97 Å². The van der Waals surface area contributed by atoms with E-state index in [9.17, 15) is 0 Å². The summed E-state index contributed by atoms with van der Waals surface area (Å²) in [6.07, 6.45) is 6.30. The number of aromatic nitrogens is 4. The predicted octanol–water partition coefficient (Wildman–Crippen LogP) is 3.85. The molecule has 0 atom stereocenters. The number of nitrogens with one attached hydrogen (secondary N) is 2. The Balaban J connectivity index is 1.15. The Hall–Kier alpha value is -2.71. The number of fused-ring (bicyclic) bond motifs is 1. The number of ether oxygens (including phenoxy) is 1. The van der Waals surface area contributed by atoms with Crippen LogP contribution in [0.1, 0.15) is 46.5 Å². The predicted molar refractivity (Wildman–Crippen MR) is 139 cm³/mol. The van der Waals surface area contributed by atoms with Gasteiger partial charge in [-0.1, -0.05) is 0 Å². The van der Waals surface area contributed by atoms with Gasteiger partial charge in [-0.3, -0.25) is 10.00 Å². The van der Waals surface area contributed by atoms with Crippen molar-refractivity contribution in [3.63, 3.8) is 0 Å². The van der Waals surface area contributed by atoms with Gasteiger partial charge < -0.3 is 15.0 Å². The van der Waals surface area contributed by atoms with Crippen LogP contribution in [-0.2, 0) is 0 Å². The van der Waals surface area contributed by atoms with E-state index in [4.69, 9.17) is 4.74 Å². The van der Waals surface area contributed by atoms with E-state index >= 15 is 0 Å². The lowest BCUT2D eigenvalue weighted by atomic mass is 9.92. The number of hydrogen-bond acceptors (Lipinski definition) is 7. The molecule has 2 aromatic heterocycles. The highest BCUT2D eigenvalue weighted by atomic mass is 16.5. The van der Waals surface area contributed by atoms with Crippen LogP contribution in [0.5, 0.6) is 5.75 Å². The molecule has 0 bridgehead atoms. The Morgan fingerprint density at radius 1 is 1.06 bits per heavy atom. The lowest BCUT2D eigenvalue weighted by molar-refractivity contribution is 0.0678. The van der Waals surface area contributed by atoms with Crippen molar-refractivity contribution < 1.29 is 4.74 Å². The van der Waals surface area contributed by atoms with Crippen molar-refractivity contribution in [2.75, 3.05) is 44.2 Å². The molecule has 0 spiro atoms. The largest absolute Gasteiger partial charge is 0.488 e. The normalized spacial score (nSPS) is 22.4. The van der Waals surface area contributed by atoms with Crippen molar-refractivity contribution in [3.05, 3.63) is 30.6 Å². The van der Waals surface area contributed by atoms with Crippen molar-refractivity contribution in [2.45, 2.75) is 57.6 Å². The number of piperidine rings is 1. The number of nitrogens with zero attached hydrogens (tertiary/aromatic N) is 5. The monoisotopic (exact) mass is 475 g/mol. The van der Waals surface area contributed by atoms with Crippen molar-refractivity contribution in [1.29, 1.82) is 0 Å². The molecule has 8 heteroatoms. The van der Waals surface area contributed by atoms with Crippen molar-refractivity contribution in [2.24, 2.45) is 5.92 Å². The van der Waals surface area contributed by atoms with Crippen molar-refractivity contribution in [1.82, 2.24) is 30.4 Å². The van der Waals surface area contributed by atoms with Crippen molar-refractivity contribution in [3.8, 4) is 17.1 Å². The second-order valence-electron chi connectivity index (χ2n) is 11.5. The zero-order valence-corrected chi connectivity index (χ0v) is 21.2. The number of rotatable bonds is 6. The first-order valence-corrected chi connectivity index (χ1v) is 13.1. The molecule has 6 rings (SSSR count). The number of piperazine rings is 1. The third-order valence-corrected chi connectivity index (χ3v) is 8.14. The highest BCUT2D eigenvalue weighted by Gasteiger charge is 2.40. The molecule has 1 aromatic carbocycles. The van der Waals surface area contributed by atoms with Gasteiger partial charge in [0, 0.05) is 56.3 Å². The summed E-state index contributed by atoms with van der Waals surface area (Å²) in [6, 6.07) is 8.23. The van der Waals surface area contributed by atoms with Crippen molar-refractivity contribution >= 4 is 16.7 Å². The minimum Gasteiger partial charge on any atom is -0.488 e. The Labute approximate surface area is 207 Å². The SMILES string of the molecule is CC1(Oc2ccc3[nH]nc(-c4cc(N5CCC(CN6CCNCC6(C)C)CC5)ncn4)c3c2)CC1. The molecule has 1 saturated carbocycles. The number of benzene rings is 1. The van der Waals surface area contributed by atoms with Crippen LogP contribution in [0.4, 0.5) is 5.82 Å². The van der Waals surface area contributed by atoms with Gasteiger partial charge in [-0.15, -0.1) is 0 Å². The first-order chi connectivity index (χ1) is 16.9. The van der Waals surface area contributed by atoms with Gasteiger partial charge in [-0.2, -0.15) is 5.10 Å². The van der Waals surface area contributed by atoms with Gasteiger partial charge in [0.15, 0.2) is 0 Å². The average molecular weight is 476 g/mol. The molecule has 4 heterocycles. The zero-order valence-electron chi connectivity index (χ0n) is 21.2. The summed E-state index contributed by atoms with van der Waals surface area (Å²) in [7, 11) is 0. The third kappa shape index (κ3) is 4.74. The van der Waals surface area contributed by atoms with Gasteiger partial charge >= 0.3 is 0 Å². The molecule has 35 heavy (non-hydrogen) atoms. The highest BCUT2D eigenvalue weighted by molar-refractivity contribution is 5.93. The lowest BCUT2D eigenvalue weighted by Crippen LogP contribution is -2.59. The van der Waals surface area contributed by atoms with E-state index in [0.717, 1.165) is 85.3 Å². The maximum absolute atomic E-state index is 6.19. The minimum absolute atomic E-state index is 0.00752. The summed E-state index contributed by atoms with van der Waals surface area (Å²) >= 11 is 0. The molecule has 3 aromatic rings. The lowest BCUT2D eigenvalue weighted by Gasteiger charge is -2.45. The Morgan fingerprint density at radius 3 is 2.66 bits per heavy atom. The Morgan fingerprint density at radius 2 is 1.89 bits per heavy atom. The van der Waals surface area contributed by atoms with Crippen LogP contribution in [0.2, 0.25) is 0 Å². The summed E-state index contributed by atoms with van der Waals surface area (Å²) in [4.78, 5) is 14.3. The second kappa shape index (κ2) is 8.75. The number of hydrogen-bond donors (Lipinski definition) is 2. The fourth-order valence-corrected chi connectivity index (χ4v) is 5.48. The van der Waals surface area contributed by atoms with Crippen LogP contribution in [0.15, 0.2) is 30.6 Å². The number of H-pyrrole nitrogens is 1. The standard InChI is InChI=1S/C27H37N7O/c1-26(2)17-28-10-13-34(26)16-19-6-11-33(12-7-19)24-15-23(29-18-30-24)25-21-14-20(35-27(3)8-9-27)4-5-22(21)31-32-25/h4-5,14-15,18-19,28H,6-13,16-17H2,1-3H3,(H,31,32). The summed E-state index contributed by atoms with van der Waals surface area (Å²) in [5.41, 5.74) is 2.92. The van der Waals surface area contributed by atoms with Gasteiger partial charge in [0.05, 0.1) is 11.2 Å². The quantitative estimate of drug-likeness (QED) is 0.560. The summed E-state index contributed by atoms with van der Waals surface area (Å²) in [6.45, 7) is 13.5. The number of anilines is 1. The van der Waals surface area contributed by atoms with E-state index < -0.39 is 0 Å². The van der Waals surface area contributed by atoms with E-state index in [2.05, 4.69) is 68.2 Å². The van der Waals surface area contributed by atoms with E-state index in [1.807, 2.05) is 12.1 Å². The molecule has 0 radical (unpaired) electrons. The third-order valence-electron chi connectivity index (χ3n) is 8.14. The molecule has 1 aliphatic carbocycles. The van der Waals surface area contributed by atoms with E-state index in [1.54, 1.807) is 6.33 Å². The van der Waals surface area contributed by atoms with Gasteiger partial charge in [0.2, 0.25) is 0 Å². The summed E-state index contributed by atoms with van der Waals surface area (Å²) in [5.74, 6) is 2.63. The van der Waals surface area contributed by atoms with Gasteiger partial charge in [-0.05, 0) is 70.6 Å². The van der Waals surface area contributed by atoms with Crippen LogP contribution in [-0.4, -0.2) is 75.5 Å². The first-order valence-electron chi connectivity index (χ1n) is 13.1. The molecule has 3 fully saturated rings. The molecular formula is C27H37N7O. The summed E-state index contributed by atoms with van der Waals surface area (Å²) in [5, 5.41) is 12.3. The first kappa shape index (κ1) is 22.7. The molecule has 2 saturated heterocycles. The number of aromatic amines is 1. The molecule has 8 nitrogen and oxygen atoms in total. The van der Waals surface area contributed by atoms with Crippen LogP contribution in [0.25, 0.3) is 22.3 Å². The van der Waals surface area contributed by atoms with Crippen LogP contribution < -0.4 is 15.0 Å². The Kier molecular flexibility index (Phi) is 5.68. The topological polar surface area (TPSA) is 82.2 Å². The van der Waals surface area contributed by atoms with Gasteiger partial charge in [0.25, 0.3) is 0 Å². The molecule has 0 unspecified atom stereocenters. The molecule has 186 valence electrons. The molecular weight excluding hydrogens is 438 g/mol. The van der Waals surface area contributed by atoms with Crippen LogP contribution >= 0.6 is 0 Å². The fourth-order valence-electron chi connectivity index (χ4n) is 5.48. The fraction of sp³-hybridized carbons (Fsp3) is 0.593. The zero-order chi connectivity index (χ0) is 24.0. The van der Waals surface area contributed by atoms with E-state index in [0.29, 0.717) is 0 Å². The van der Waals surface area contributed by atoms with E-state index in [1.165, 1.54) is 19.4 Å². The summed E-state index contributed by atoms with van der Waals surface area (Å²) < 4.78 is 6.19. The van der Waals surface area contributed by atoms with E-state index in [-0.39, 0.29) is 11.1 Å². The van der Waals surface area contributed by atoms with Gasteiger partial charge in [0.1, 0.15) is 29.2 Å². The molecule has 3 aliphatic rings. The smallest absolute Gasteiger partial charge is 0.132 e. The maximum Gasteiger partial charge on any atom is 0.132 e. The minimum atomic E-state index is -0.00752. The van der Waals surface area contributed by atoms with Crippen LogP contribution in [0, 0.1) is 5.92 Å². The molecule has 0 amide bonds. The average Bonchev–Trinajstić information content (AvgIpc) is 3.43. The highest BCUT2D eigenvalue weighted by Crippen LogP contribution is 2.40. The Bertz CT molecular complexity index is 1190. The molecule has 2 aliphatic heterocycles. The van der Waals surface area contributed by atoms with Crippen LogP contribution in [0.3, 0.4) is 0 Å². The second-order valence-corrected chi connectivity index (χ2v) is 11.5. The molecule has 2 N–H and O–H groups in total. The maximum atomic E-state index is 6.19.